The van der Waals surface area contributed by atoms with Crippen LogP contribution in [0.5, 0.6) is 5.75 Å². The first kappa shape index (κ1) is 31.1. The Morgan fingerprint density at radius 3 is 2.20 bits per heavy atom. The molecule has 0 radical (unpaired) electrons. The summed E-state index contributed by atoms with van der Waals surface area (Å²) in [5.74, 6) is -1.02. The summed E-state index contributed by atoms with van der Waals surface area (Å²) in [5, 5.41) is 2.85. The molecule has 0 unspecified atom stereocenters. The van der Waals surface area contributed by atoms with Gasteiger partial charge >= 0.3 is 0 Å². The number of carbonyl (C=O) groups excluding carboxylic acids is 2. The third-order valence-corrected chi connectivity index (χ3v) is 8.62. The fourth-order valence-corrected chi connectivity index (χ4v) is 5.59. The van der Waals surface area contributed by atoms with Crippen LogP contribution in [0.2, 0.25) is 0 Å². The second-order valence-electron chi connectivity index (χ2n) is 9.13. The second-order valence-corrected chi connectivity index (χ2v) is 11.9. The summed E-state index contributed by atoms with van der Waals surface area (Å²) in [6, 6.07) is 17.0. The molecule has 0 aliphatic heterocycles. The van der Waals surface area contributed by atoms with Gasteiger partial charge in [0.15, 0.2) is 0 Å². The van der Waals surface area contributed by atoms with Crippen molar-refractivity contribution in [3.8, 4) is 5.75 Å². The normalized spacial score (nSPS) is 11.9. The molecule has 8 nitrogen and oxygen atoms in total. The first-order valence-electron chi connectivity index (χ1n) is 12.8. The minimum atomic E-state index is -4.26. The number of methoxy groups -OCH3 is 1. The lowest BCUT2D eigenvalue weighted by molar-refractivity contribution is -0.139. The molecule has 214 valence electrons. The predicted octanol–water partition coefficient (Wildman–Crippen LogP) is 5.13. The van der Waals surface area contributed by atoms with Crippen LogP contribution in [0.3, 0.4) is 0 Å². The summed E-state index contributed by atoms with van der Waals surface area (Å²) in [6.07, 6.45) is 1.68. The van der Waals surface area contributed by atoms with E-state index in [2.05, 4.69) is 21.2 Å². The maximum Gasteiger partial charge on any atom is 0.264 e. The monoisotopic (exact) mass is 633 g/mol. The van der Waals surface area contributed by atoms with Gasteiger partial charge in [-0.1, -0.05) is 41.4 Å². The standard InChI is InChI=1S/C29H33BrFN3O5S/c1-4-5-18-32-29(36)21(2)33(19-22-6-8-23(30)9-7-22)28(35)20-34(25-12-10-24(31)11-13-25)40(37,38)27-16-14-26(39-3)15-17-27/h6-17,21H,4-5,18-20H2,1-3H3,(H,32,36)/t21-/m1/s1. The van der Waals surface area contributed by atoms with Crippen LogP contribution in [0.15, 0.2) is 82.2 Å². The van der Waals surface area contributed by atoms with E-state index in [-0.39, 0.29) is 23.0 Å². The molecular weight excluding hydrogens is 601 g/mol. The van der Waals surface area contributed by atoms with Crippen LogP contribution in [0.25, 0.3) is 0 Å². The van der Waals surface area contributed by atoms with E-state index in [0.717, 1.165) is 39.3 Å². The molecule has 1 N–H and O–H groups in total. The molecule has 0 aliphatic rings. The van der Waals surface area contributed by atoms with Crippen molar-refractivity contribution in [1.82, 2.24) is 10.2 Å². The number of carbonyl (C=O) groups is 2. The maximum atomic E-state index is 13.9. The van der Waals surface area contributed by atoms with Gasteiger partial charge in [0.2, 0.25) is 11.8 Å². The Morgan fingerprint density at radius 1 is 1.00 bits per heavy atom. The molecule has 0 aromatic heterocycles. The van der Waals surface area contributed by atoms with Crippen LogP contribution in [-0.4, -0.2) is 51.4 Å². The highest BCUT2D eigenvalue weighted by Gasteiger charge is 2.32. The third-order valence-electron chi connectivity index (χ3n) is 6.30. The van der Waals surface area contributed by atoms with Gasteiger partial charge in [-0.25, -0.2) is 12.8 Å². The molecule has 2 amide bonds. The number of hydrogen-bond donors (Lipinski definition) is 1. The fourth-order valence-electron chi connectivity index (χ4n) is 3.92. The molecular formula is C29H33BrFN3O5S. The lowest BCUT2D eigenvalue weighted by Gasteiger charge is -2.32. The zero-order chi connectivity index (χ0) is 29.3. The minimum absolute atomic E-state index is 0.0739. The Labute approximate surface area is 243 Å². The molecule has 0 saturated carbocycles. The average Bonchev–Trinajstić information content (AvgIpc) is 2.95. The maximum absolute atomic E-state index is 13.9. The van der Waals surface area contributed by atoms with Crippen molar-refractivity contribution >= 4 is 43.5 Å². The number of nitrogens with zero attached hydrogens (tertiary/aromatic N) is 2. The van der Waals surface area contributed by atoms with E-state index >= 15 is 0 Å². The van der Waals surface area contributed by atoms with Crippen molar-refractivity contribution in [3.05, 3.63) is 88.6 Å². The average molecular weight is 635 g/mol. The van der Waals surface area contributed by atoms with Crippen LogP contribution in [0.4, 0.5) is 10.1 Å². The van der Waals surface area contributed by atoms with Crippen molar-refractivity contribution in [2.45, 2.75) is 44.2 Å². The number of anilines is 1. The molecule has 0 heterocycles. The summed E-state index contributed by atoms with van der Waals surface area (Å²) in [6.45, 7) is 3.55. The van der Waals surface area contributed by atoms with E-state index < -0.39 is 34.3 Å². The highest BCUT2D eigenvalue weighted by atomic mass is 79.9. The number of unbranched alkanes of at least 4 members (excludes halogenated alkanes) is 1. The molecule has 11 heteroatoms. The molecule has 0 fully saturated rings. The van der Waals surface area contributed by atoms with Crippen LogP contribution < -0.4 is 14.4 Å². The van der Waals surface area contributed by atoms with Crippen LogP contribution in [0, 0.1) is 5.82 Å². The lowest BCUT2D eigenvalue weighted by Crippen LogP contribution is -2.51. The van der Waals surface area contributed by atoms with Crippen molar-refractivity contribution in [1.29, 1.82) is 0 Å². The number of sulfonamides is 1. The van der Waals surface area contributed by atoms with E-state index in [0.29, 0.717) is 12.3 Å². The number of amides is 2. The van der Waals surface area contributed by atoms with Gasteiger partial charge in [0.1, 0.15) is 24.2 Å². The summed E-state index contributed by atoms with van der Waals surface area (Å²) in [7, 11) is -2.80. The van der Waals surface area contributed by atoms with E-state index in [9.17, 15) is 22.4 Å². The Balaban J connectivity index is 1.99. The number of hydrogen-bond acceptors (Lipinski definition) is 5. The van der Waals surface area contributed by atoms with Gasteiger partial charge in [-0.3, -0.25) is 13.9 Å². The Kier molecular flexibility index (Phi) is 11.1. The lowest BCUT2D eigenvalue weighted by atomic mass is 10.1. The highest BCUT2D eigenvalue weighted by Crippen LogP contribution is 2.26. The first-order valence-corrected chi connectivity index (χ1v) is 15.0. The minimum Gasteiger partial charge on any atom is -0.497 e. The topological polar surface area (TPSA) is 96.0 Å². The van der Waals surface area contributed by atoms with E-state index in [1.807, 2.05) is 31.2 Å². The van der Waals surface area contributed by atoms with Gasteiger partial charge in [0.25, 0.3) is 10.0 Å². The number of halogens is 2. The van der Waals surface area contributed by atoms with Gasteiger partial charge in [0, 0.05) is 17.6 Å². The Morgan fingerprint density at radius 2 is 1.62 bits per heavy atom. The molecule has 3 aromatic carbocycles. The van der Waals surface area contributed by atoms with Crippen LogP contribution >= 0.6 is 15.9 Å². The van der Waals surface area contributed by atoms with Crippen molar-refractivity contribution in [2.24, 2.45) is 0 Å². The molecule has 0 spiro atoms. The van der Waals surface area contributed by atoms with Crippen molar-refractivity contribution in [2.75, 3.05) is 24.5 Å². The molecule has 40 heavy (non-hydrogen) atoms. The molecule has 3 rings (SSSR count). The number of benzene rings is 3. The van der Waals surface area contributed by atoms with Gasteiger partial charge in [-0.2, -0.15) is 0 Å². The van der Waals surface area contributed by atoms with Gasteiger partial charge in [0.05, 0.1) is 17.7 Å². The quantitative estimate of drug-likeness (QED) is 0.263. The largest absolute Gasteiger partial charge is 0.497 e. The number of ether oxygens (including phenoxy) is 1. The SMILES string of the molecule is CCCCNC(=O)[C@@H](C)N(Cc1ccc(Br)cc1)C(=O)CN(c1ccc(F)cc1)S(=O)(=O)c1ccc(OC)cc1. The summed E-state index contributed by atoms with van der Waals surface area (Å²) >= 11 is 3.39. The Hall–Kier alpha value is -3.44. The number of nitrogens with one attached hydrogen (secondary N) is 1. The molecule has 1 atom stereocenters. The molecule has 3 aromatic rings. The van der Waals surface area contributed by atoms with E-state index in [1.54, 1.807) is 6.92 Å². The smallest absolute Gasteiger partial charge is 0.264 e. The molecule has 0 bridgehead atoms. The van der Waals surface area contributed by atoms with Gasteiger partial charge in [-0.05, 0) is 79.6 Å². The third kappa shape index (κ3) is 8.04. The first-order chi connectivity index (χ1) is 19.1. The fraction of sp³-hybridized carbons (Fsp3) is 0.310. The van der Waals surface area contributed by atoms with E-state index in [1.165, 1.54) is 48.4 Å². The highest BCUT2D eigenvalue weighted by molar-refractivity contribution is 9.10. The summed E-state index contributed by atoms with van der Waals surface area (Å²) < 4.78 is 48.2. The summed E-state index contributed by atoms with van der Waals surface area (Å²) in [4.78, 5) is 28.1. The van der Waals surface area contributed by atoms with Crippen LogP contribution in [-0.2, 0) is 26.2 Å². The zero-order valence-electron chi connectivity index (χ0n) is 22.6. The second kappa shape index (κ2) is 14.3. The molecule has 0 saturated heterocycles. The molecule has 0 aliphatic carbocycles. The number of rotatable bonds is 13. The Bertz CT molecular complexity index is 1380. The van der Waals surface area contributed by atoms with E-state index in [4.69, 9.17) is 4.74 Å². The zero-order valence-corrected chi connectivity index (χ0v) is 25.0. The van der Waals surface area contributed by atoms with Crippen molar-refractivity contribution < 1.29 is 27.1 Å². The van der Waals surface area contributed by atoms with Gasteiger partial charge in [-0.15, -0.1) is 0 Å². The predicted molar refractivity (Wildman–Crippen MR) is 156 cm³/mol. The van der Waals surface area contributed by atoms with Crippen molar-refractivity contribution in [3.63, 3.8) is 0 Å². The van der Waals surface area contributed by atoms with Gasteiger partial charge < -0.3 is 15.0 Å². The summed E-state index contributed by atoms with van der Waals surface area (Å²) in [5.41, 5.74) is 0.866. The van der Waals surface area contributed by atoms with Crippen LogP contribution in [0.1, 0.15) is 32.3 Å².